The molecule has 1 aliphatic heterocycles. The fourth-order valence-corrected chi connectivity index (χ4v) is 2.93. The standard InChI is InChI=1S/C19H20ClN5O2/c1-3-17(26)23-14-6-4-13(5-7-14)18(27)25-9-8-15(11-25)24-19-21-10-16(20)12(2)22-19/h3-7,10,15H,1,8-9,11H2,2H3,(H,23,26)(H,21,22,24)/t15-/m0/s1. The predicted octanol–water partition coefficient (Wildman–Crippen LogP) is 2.89. The molecule has 0 spiro atoms. The molecule has 1 atom stereocenters. The number of hydrogen-bond donors (Lipinski definition) is 2. The molecule has 8 heteroatoms. The molecule has 0 bridgehead atoms. The number of aromatic nitrogens is 2. The molecule has 3 rings (SSSR count). The van der Waals surface area contributed by atoms with Gasteiger partial charge in [0.15, 0.2) is 0 Å². The van der Waals surface area contributed by atoms with E-state index in [0.29, 0.717) is 41.0 Å². The third-order valence-electron chi connectivity index (χ3n) is 4.31. The summed E-state index contributed by atoms with van der Waals surface area (Å²) >= 11 is 5.94. The lowest BCUT2D eigenvalue weighted by molar-refractivity contribution is -0.111. The molecular formula is C19H20ClN5O2. The van der Waals surface area contributed by atoms with Gasteiger partial charge in [-0.2, -0.15) is 0 Å². The van der Waals surface area contributed by atoms with Crippen LogP contribution in [0.4, 0.5) is 11.6 Å². The number of halogens is 1. The minimum absolute atomic E-state index is 0.0471. The lowest BCUT2D eigenvalue weighted by Crippen LogP contribution is -2.31. The molecule has 2 N–H and O–H groups in total. The highest BCUT2D eigenvalue weighted by molar-refractivity contribution is 6.31. The zero-order chi connectivity index (χ0) is 19.4. The first kappa shape index (κ1) is 18.8. The van der Waals surface area contributed by atoms with Crippen molar-refractivity contribution < 1.29 is 9.59 Å². The Bertz CT molecular complexity index is 869. The molecule has 0 aliphatic carbocycles. The Hall–Kier alpha value is -2.93. The fraction of sp³-hybridized carbons (Fsp3) is 0.263. The van der Waals surface area contributed by atoms with E-state index in [4.69, 9.17) is 11.6 Å². The maximum atomic E-state index is 12.7. The molecule has 0 saturated carbocycles. The van der Waals surface area contributed by atoms with E-state index < -0.39 is 0 Å². The molecule has 2 aromatic rings. The van der Waals surface area contributed by atoms with E-state index in [9.17, 15) is 9.59 Å². The van der Waals surface area contributed by atoms with Crippen LogP contribution in [0.1, 0.15) is 22.5 Å². The maximum absolute atomic E-state index is 12.7. The number of benzene rings is 1. The van der Waals surface area contributed by atoms with Crippen LogP contribution in [0.5, 0.6) is 0 Å². The minimum Gasteiger partial charge on any atom is -0.350 e. The van der Waals surface area contributed by atoms with Crippen molar-refractivity contribution >= 4 is 35.1 Å². The van der Waals surface area contributed by atoms with Gasteiger partial charge in [0.2, 0.25) is 11.9 Å². The highest BCUT2D eigenvalue weighted by Gasteiger charge is 2.27. The van der Waals surface area contributed by atoms with Gasteiger partial charge in [-0.05, 0) is 43.7 Å². The average Bonchev–Trinajstić information content (AvgIpc) is 3.13. The summed E-state index contributed by atoms with van der Waals surface area (Å²) in [6.45, 7) is 6.45. The first-order chi connectivity index (χ1) is 13.0. The van der Waals surface area contributed by atoms with Gasteiger partial charge in [0.25, 0.3) is 5.91 Å². The van der Waals surface area contributed by atoms with Crippen molar-refractivity contribution in [2.75, 3.05) is 23.7 Å². The summed E-state index contributed by atoms with van der Waals surface area (Å²) in [4.78, 5) is 34.3. The summed E-state index contributed by atoms with van der Waals surface area (Å²) in [5.74, 6) is 0.176. The molecule has 0 radical (unpaired) electrons. The quantitative estimate of drug-likeness (QED) is 0.773. The van der Waals surface area contributed by atoms with Crippen molar-refractivity contribution in [3.63, 3.8) is 0 Å². The topological polar surface area (TPSA) is 87.2 Å². The normalized spacial score (nSPS) is 16.1. The minimum atomic E-state index is -0.290. The molecule has 1 aromatic carbocycles. The first-order valence-electron chi connectivity index (χ1n) is 8.54. The molecule has 27 heavy (non-hydrogen) atoms. The summed E-state index contributed by atoms with van der Waals surface area (Å²) in [5.41, 5.74) is 1.90. The Kier molecular flexibility index (Phi) is 5.71. The SMILES string of the molecule is C=CC(=O)Nc1ccc(C(=O)N2CC[C@H](Nc3ncc(Cl)c(C)n3)C2)cc1. The zero-order valence-corrected chi connectivity index (χ0v) is 15.7. The van der Waals surface area contributed by atoms with Crippen molar-refractivity contribution in [2.24, 2.45) is 0 Å². The zero-order valence-electron chi connectivity index (χ0n) is 14.9. The smallest absolute Gasteiger partial charge is 0.253 e. The summed E-state index contributed by atoms with van der Waals surface area (Å²) < 4.78 is 0. The summed E-state index contributed by atoms with van der Waals surface area (Å²) in [6, 6.07) is 6.89. The van der Waals surface area contributed by atoms with E-state index in [1.54, 1.807) is 35.4 Å². The lowest BCUT2D eigenvalue weighted by Gasteiger charge is -2.17. The summed E-state index contributed by atoms with van der Waals surface area (Å²) in [5, 5.41) is 6.43. The third kappa shape index (κ3) is 4.62. The van der Waals surface area contributed by atoms with Gasteiger partial charge < -0.3 is 15.5 Å². The highest BCUT2D eigenvalue weighted by atomic mass is 35.5. The van der Waals surface area contributed by atoms with Gasteiger partial charge >= 0.3 is 0 Å². The van der Waals surface area contributed by atoms with Crippen LogP contribution in [0.3, 0.4) is 0 Å². The Labute approximate surface area is 162 Å². The Morgan fingerprint density at radius 2 is 2.07 bits per heavy atom. The number of carbonyl (C=O) groups is 2. The van der Waals surface area contributed by atoms with Crippen molar-refractivity contribution in [3.05, 3.63) is 59.4 Å². The molecular weight excluding hydrogens is 366 g/mol. The molecule has 2 amide bonds. The summed E-state index contributed by atoms with van der Waals surface area (Å²) in [6.07, 6.45) is 3.57. The number of rotatable bonds is 5. The Morgan fingerprint density at radius 3 is 2.74 bits per heavy atom. The molecule has 1 aliphatic rings. The second-order valence-corrected chi connectivity index (χ2v) is 6.69. The number of nitrogens with one attached hydrogen (secondary N) is 2. The van der Waals surface area contributed by atoms with Gasteiger partial charge in [-0.15, -0.1) is 0 Å². The fourth-order valence-electron chi connectivity index (χ4n) is 2.84. The predicted molar refractivity (Wildman–Crippen MR) is 105 cm³/mol. The monoisotopic (exact) mass is 385 g/mol. The van der Waals surface area contributed by atoms with Gasteiger partial charge in [0, 0.05) is 30.4 Å². The third-order valence-corrected chi connectivity index (χ3v) is 4.68. The molecule has 140 valence electrons. The van der Waals surface area contributed by atoms with Crippen LogP contribution < -0.4 is 10.6 Å². The van der Waals surface area contributed by atoms with E-state index in [2.05, 4.69) is 27.2 Å². The number of amides is 2. The highest BCUT2D eigenvalue weighted by Crippen LogP contribution is 2.19. The van der Waals surface area contributed by atoms with Gasteiger partial charge in [-0.3, -0.25) is 9.59 Å². The van der Waals surface area contributed by atoms with E-state index in [1.807, 2.05) is 6.92 Å². The molecule has 2 heterocycles. The van der Waals surface area contributed by atoms with Gasteiger partial charge in [-0.25, -0.2) is 9.97 Å². The number of anilines is 2. The van der Waals surface area contributed by atoms with Crippen LogP contribution in [-0.2, 0) is 4.79 Å². The number of aryl methyl sites for hydroxylation is 1. The van der Waals surface area contributed by atoms with E-state index in [1.165, 1.54) is 6.08 Å². The van der Waals surface area contributed by atoms with Crippen molar-refractivity contribution in [1.29, 1.82) is 0 Å². The maximum Gasteiger partial charge on any atom is 0.253 e. The Morgan fingerprint density at radius 1 is 1.33 bits per heavy atom. The van der Waals surface area contributed by atoms with Crippen molar-refractivity contribution in [3.8, 4) is 0 Å². The van der Waals surface area contributed by atoms with E-state index in [0.717, 1.165) is 6.42 Å². The molecule has 7 nitrogen and oxygen atoms in total. The van der Waals surface area contributed by atoms with Crippen LogP contribution in [0.2, 0.25) is 5.02 Å². The number of nitrogens with zero attached hydrogens (tertiary/aromatic N) is 3. The molecule has 1 aromatic heterocycles. The lowest BCUT2D eigenvalue weighted by atomic mass is 10.2. The average molecular weight is 386 g/mol. The van der Waals surface area contributed by atoms with Crippen LogP contribution in [-0.4, -0.2) is 45.8 Å². The van der Waals surface area contributed by atoms with Crippen molar-refractivity contribution in [2.45, 2.75) is 19.4 Å². The second kappa shape index (κ2) is 8.18. The van der Waals surface area contributed by atoms with Crippen LogP contribution in [0, 0.1) is 6.92 Å². The second-order valence-electron chi connectivity index (χ2n) is 6.28. The Balaban J connectivity index is 1.59. The number of carbonyl (C=O) groups excluding carboxylic acids is 2. The molecule has 1 fully saturated rings. The van der Waals surface area contributed by atoms with Crippen LogP contribution in [0.15, 0.2) is 43.1 Å². The van der Waals surface area contributed by atoms with Gasteiger partial charge in [0.1, 0.15) is 0 Å². The van der Waals surface area contributed by atoms with Gasteiger partial charge in [-0.1, -0.05) is 18.2 Å². The van der Waals surface area contributed by atoms with Crippen LogP contribution >= 0.6 is 11.6 Å². The largest absolute Gasteiger partial charge is 0.350 e. The number of likely N-dealkylation sites (tertiary alicyclic amines) is 1. The van der Waals surface area contributed by atoms with E-state index in [-0.39, 0.29) is 17.9 Å². The molecule has 1 saturated heterocycles. The molecule has 0 unspecified atom stereocenters. The number of hydrogen-bond acceptors (Lipinski definition) is 5. The van der Waals surface area contributed by atoms with E-state index >= 15 is 0 Å². The summed E-state index contributed by atoms with van der Waals surface area (Å²) in [7, 11) is 0. The van der Waals surface area contributed by atoms with Crippen LogP contribution in [0.25, 0.3) is 0 Å². The van der Waals surface area contributed by atoms with Gasteiger partial charge in [0.05, 0.1) is 16.9 Å². The first-order valence-corrected chi connectivity index (χ1v) is 8.92. The van der Waals surface area contributed by atoms with Crippen molar-refractivity contribution in [1.82, 2.24) is 14.9 Å².